The van der Waals surface area contributed by atoms with Crippen molar-refractivity contribution in [2.24, 2.45) is 5.11 Å². The van der Waals surface area contributed by atoms with E-state index in [1.165, 1.54) is 0 Å². The minimum Gasteiger partial charge on any atom is -0.510 e. The smallest absolute Gasteiger partial charge is 0.186 e. The fraction of sp³-hybridized carbons (Fsp3) is 0.871. The first-order valence-corrected chi connectivity index (χ1v) is 17.3. The zero-order valence-electron chi connectivity index (χ0n) is 29.4. The maximum atomic E-state index is 11.3. The highest BCUT2D eigenvalue weighted by Crippen LogP contribution is 2.31. The molecule has 0 bridgehead atoms. The minimum atomic E-state index is -2.41. The third-order valence-electron chi connectivity index (χ3n) is 8.61. The van der Waals surface area contributed by atoms with E-state index in [1.54, 1.807) is 0 Å². The molecule has 1 heterocycles. The van der Waals surface area contributed by atoms with E-state index in [2.05, 4.69) is 10.0 Å². The standard InChI is InChI=1S/C31H55N3O20/c32-34-33-15-1-3-16(4-2-15)51-31-27(47)28(26(46)22(13-38)52-31)54-30(48)29(25(45)19(41)7-10-37)53-24(12-21(43)18(40)6-9-36)50-14-49-23(44)11-20(42)17(39)5-8-35/h11-12,15-19,22-31,35-48H,1-10,13-14H2/b20-11-,21-12-/t15?,16?,17-,18-,19-,22?,23-,24-,25?,26+,27?,28?,29?,30-,31-/m1/s1. The predicted octanol–water partition coefficient (Wildman–Crippen LogP) is -3.74. The van der Waals surface area contributed by atoms with Gasteiger partial charge in [-0.2, -0.15) is 0 Å². The van der Waals surface area contributed by atoms with Gasteiger partial charge in [0.15, 0.2) is 32.0 Å². The Morgan fingerprint density at radius 2 is 1.41 bits per heavy atom. The van der Waals surface area contributed by atoms with E-state index < -0.39 is 137 Å². The summed E-state index contributed by atoms with van der Waals surface area (Å²) in [6, 6.07) is -0.254. The van der Waals surface area contributed by atoms with E-state index in [0.717, 1.165) is 0 Å². The second-order valence-electron chi connectivity index (χ2n) is 12.6. The van der Waals surface area contributed by atoms with Gasteiger partial charge in [-0.05, 0) is 37.6 Å². The Bertz CT molecular complexity index is 1160. The molecule has 1 aliphatic heterocycles. The highest BCUT2D eigenvalue weighted by atomic mass is 16.8. The Balaban J connectivity index is 2.34. The van der Waals surface area contributed by atoms with Crippen molar-refractivity contribution in [2.45, 2.75) is 137 Å². The van der Waals surface area contributed by atoms with Crippen LogP contribution in [-0.4, -0.2) is 197 Å². The Morgan fingerprint density at radius 1 is 0.815 bits per heavy atom. The molecule has 13 atom stereocenters. The molecule has 0 aromatic rings. The molecule has 23 nitrogen and oxygen atoms in total. The maximum absolute atomic E-state index is 11.3. The van der Waals surface area contributed by atoms with Crippen molar-refractivity contribution in [2.75, 3.05) is 33.2 Å². The Labute approximate surface area is 309 Å². The Kier molecular flexibility index (Phi) is 22.2. The minimum absolute atomic E-state index is 0.254. The molecule has 23 heteroatoms. The summed E-state index contributed by atoms with van der Waals surface area (Å²) in [5, 5.41) is 146. The molecule has 5 unspecified atom stereocenters. The zero-order chi connectivity index (χ0) is 40.4. The summed E-state index contributed by atoms with van der Waals surface area (Å²) in [5.41, 5.74) is 8.70. The van der Waals surface area contributed by atoms with Crippen molar-refractivity contribution in [1.29, 1.82) is 0 Å². The normalized spacial score (nSPS) is 30.0. The zero-order valence-corrected chi connectivity index (χ0v) is 29.4. The Morgan fingerprint density at radius 3 is 1.96 bits per heavy atom. The lowest BCUT2D eigenvalue weighted by molar-refractivity contribution is -0.349. The van der Waals surface area contributed by atoms with E-state index in [-0.39, 0.29) is 18.9 Å². The quantitative estimate of drug-likeness (QED) is 0.0139. The van der Waals surface area contributed by atoms with Crippen LogP contribution in [0.25, 0.3) is 10.4 Å². The summed E-state index contributed by atoms with van der Waals surface area (Å²) in [6.07, 6.45) is -22.7. The van der Waals surface area contributed by atoms with Crippen LogP contribution < -0.4 is 0 Å². The fourth-order valence-electron chi connectivity index (χ4n) is 5.52. The van der Waals surface area contributed by atoms with Crippen LogP contribution in [0.4, 0.5) is 0 Å². The molecule has 0 spiro atoms. The largest absolute Gasteiger partial charge is 0.510 e. The molecule has 0 aromatic carbocycles. The van der Waals surface area contributed by atoms with Crippen molar-refractivity contribution in [1.82, 2.24) is 0 Å². The molecule has 0 aromatic heterocycles. The van der Waals surface area contributed by atoms with Crippen molar-refractivity contribution in [3.05, 3.63) is 34.1 Å². The van der Waals surface area contributed by atoms with E-state index in [4.69, 9.17) is 44.2 Å². The number of aliphatic hydroxyl groups is 14. The third-order valence-corrected chi connectivity index (χ3v) is 8.61. The summed E-state index contributed by atoms with van der Waals surface area (Å²) >= 11 is 0. The van der Waals surface area contributed by atoms with Gasteiger partial charge in [0.05, 0.1) is 18.8 Å². The molecule has 1 saturated carbocycles. The lowest BCUT2D eigenvalue weighted by Crippen LogP contribution is -2.62. The van der Waals surface area contributed by atoms with Crippen LogP contribution in [0.3, 0.4) is 0 Å². The van der Waals surface area contributed by atoms with Gasteiger partial charge >= 0.3 is 0 Å². The van der Waals surface area contributed by atoms with Gasteiger partial charge in [0.1, 0.15) is 60.4 Å². The predicted molar refractivity (Wildman–Crippen MR) is 177 cm³/mol. The van der Waals surface area contributed by atoms with Crippen molar-refractivity contribution >= 4 is 0 Å². The van der Waals surface area contributed by atoms with Crippen molar-refractivity contribution in [3.63, 3.8) is 0 Å². The molecule has 1 aliphatic carbocycles. The average Bonchev–Trinajstić information content (AvgIpc) is 3.13. The molecular formula is C31H55N3O20. The van der Waals surface area contributed by atoms with Gasteiger partial charge in [-0.1, -0.05) is 5.11 Å². The first-order chi connectivity index (χ1) is 25.7. The summed E-state index contributed by atoms with van der Waals surface area (Å²) in [5.74, 6) is -1.63. The lowest BCUT2D eigenvalue weighted by Gasteiger charge is -2.44. The summed E-state index contributed by atoms with van der Waals surface area (Å²) in [7, 11) is 0. The van der Waals surface area contributed by atoms with Gasteiger partial charge in [0.25, 0.3) is 0 Å². The monoisotopic (exact) mass is 789 g/mol. The number of hydrogen-bond acceptors (Lipinski definition) is 21. The van der Waals surface area contributed by atoms with E-state index in [1.807, 2.05) is 0 Å². The van der Waals surface area contributed by atoms with Crippen LogP contribution in [0.5, 0.6) is 0 Å². The van der Waals surface area contributed by atoms with Crippen LogP contribution >= 0.6 is 0 Å². The summed E-state index contributed by atoms with van der Waals surface area (Å²) in [6.45, 7) is -3.50. The van der Waals surface area contributed by atoms with Crippen LogP contribution in [0.1, 0.15) is 44.9 Å². The fourth-order valence-corrected chi connectivity index (χ4v) is 5.52. The molecule has 0 radical (unpaired) electrons. The molecule has 0 amide bonds. The second-order valence-corrected chi connectivity index (χ2v) is 12.6. The molecular weight excluding hydrogens is 734 g/mol. The second kappa shape index (κ2) is 25.0. The van der Waals surface area contributed by atoms with Gasteiger partial charge in [-0.3, -0.25) is 0 Å². The lowest BCUT2D eigenvalue weighted by atomic mass is 9.93. The molecule has 2 aliphatic rings. The van der Waals surface area contributed by atoms with E-state index >= 15 is 0 Å². The summed E-state index contributed by atoms with van der Waals surface area (Å²) in [4.78, 5) is 2.80. The van der Waals surface area contributed by atoms with E-state index in [9.17, 15) is 61.3 Å². The highest BCUT2D eigenvalue weighted by molar-refractivity contribution is 5.01. The molecule has 2 rings (SSSR count). The SMILES string of the molecule is [N-]=[N+]=NC1CCC(O[C@@H]2OC(CO)[C@H](O)C(O[C@@H](O)C(O[C@H](/C=C(\O)[C@H](O)CCO)OCO[C@@H](O)/C=C(\O)[C@H](O)CCO)C(O)[C@H](O)CCO)C2O)CC1. The van der Waals surface area contributed by atoms with Crippen LogP contribution in [0.2, 0.25) is 0 Å². The van der Waals surface area contributed by atoms with Gasteiger partial charge in [-0.15, -0.1) is 0 Å². The molecule has 2 fully saturated rings. The van der Waals surface area contributed by atoms with Crippen molar-refractivity contribution in [3.8, 4) is 0 Å². The Hall–Kier alpha value is -2.33. The van der Waals surface area contributed by atoms with Crippen LogP contribution in [0.15, 0.2) is 28.8 Å². The van der Waals surface area contributed by atoms with Crippen molar-refractivity contribution < 1.29 is 99.9 Å². The van der Waals surface area contributed by atoms with Crippen LogP contribution in [-0.2, 0) is 28.4 Å². The van der Waals surface area contributed by atoms with Crippen LogP contribution in [0, 0.1) is 0 Å². The van der Waals surface area contributed by atoms with E-state index in [0.29, 0.717) is 37.8 Å². The number of azide groups is 1. The van der Waals surface area contributed by atoms with Gasteiger partial charge in [0.2, 0.25) is 0 Å². The maximum Gasteiger partial charge on any atom is 0.186 e. The number of hydrogen-bond donors (Lipinski definition) is 14. The summed E-state index contributed by atoms with van der Waals surface area (Å²) < 4.78 is 32.9. The van der Waals surface area contributed by atoms with Gasteiger partial charge in [0, 0.05) is 55.8 Å². The average molecular weight is 790 g/mol. The van der Waals surface area contributed by atoms with Gasteiger partial charge in [-0.25, -0.2) is 0 Å². The highest BCUT2D eigenvalue weighted by Gasteiger charge is 2.49. The molecule has 314 valence electrons. The van der Waals surface area contributed by atoms with Gasteiger partial charge < -0.3 is 99.9 Å². The number of aliphatic hydroxyl groups excluding tert-OH is 14. The first-order valence-electron chi connectivity index (χ1n) is 17.3. The molecule has 14 N–H and O–H groups in total. The number of rotatable bonds is 25. The number of nitrogens with zero attached hydrogens (tertiary/aromatic N) is 3. The number of ether oxygens (including phenoxy) is 6. The molecule has 54 heavy (non-hydrogen) atoms. The third kappa shape index (κ3) is 15.3. The first kappa shape index (κ1) is 47.8. The molecule has 1 saturated heterocycles. The topological polar surface area (TPSA) is 387 Å².